The summed E-state index contributed by atoms with van der Waals surface area (Å²) in [4.78, 5) is 2.38. The summed E-state index contributed by atoms with van der Waals surface area (Å²) in [5.41, 5.74) is 9.92. The highest BCUT2D eigenvalue weighted by molar-refractivity contribution is 6.19. The second kappa shape index (κ2) is 10.8. The molecule has 0 saturated carbocycles. The van der Waals surface area contributed by atoms with Crippen molar-refractivity contribution in [3.05, 3.63) is 176 Å². The van der Waals surface area contributed by atoms with Crippen molar-refractivity contribution < 1.29 is 4.42 Å². The molecule has 9 aromatic rings. The van der Waals surface area contributed by atoms with E-state index < -0.39 is 0 Å². The van der Waals surface area contributed by atoms with Crippen LogP contribution in [0.2, 0.25) is 0 Å². The summed E-state index contributed by atoms with van der Waals surface area (Å²) in [6, 6.07) is 62.8. The Morgan fingerprint density at radius 3 is 1.63 bits per heavy atom. The van der Waals surface area contributed by atoms with E-state index in [4.69, 9.17) is 4.42 Å². The maximum absolute atomic E-state index is 6.45. The minimum absolute atomic E-state index is 0.901. The Labute approximate surface area is 267 Å². The van der Waals surface area contributed by atoms with Crippen LogP contribution in [0.3, 0.4) is 0 Å². The third-order valence-corrected chi connectivity index (χ3v) is 9.04. The van der Waals surface area contributed by atoms with Gasteiger partial charge < -0.3 is 9.32 Å². The van der Waals surface area contributed by atoms with Gasteiger partial charge in [-0.05, 0) is 75.5 Å². The largest absolute Gasteiger partial charge is 0.455 e. The first-order valence-electron chi connectivity index (χ1n) is 15.7. The van der Waals surface area contributed by atoms with E-state index in [9.17, 15) is 0 Å². The maximum Gasteiger partial charge on any atom is 0.143 e. The fourth-order valence-electron chi connectivity index (χ4n) is 6.75. The van der Waals surface area contributed by atoms with Crippen molar-refractivity contribution in [2.75, 3.05) is 4.90 Å². The molecule has 1 aromatic heterocycles. The van der Waals surface area contributed by atoms with Gasteiger partial charge in [0.15, 0.2) is 0 Å². The van der Waals surface area contributed by atoms with E-state index in [0.29, 0.717) is 0 Å². The van der Waals surface area contributed by atoms with Gasteiger partial charge in [0.1, 0.15) is 11.2 Å². The molecular formula is C44H29NO. The van der Waals surface area contributed by atoms with Crippen LogP contribution in [0.1, 0.15) is 0 Å². The number of rotatable bonds is 5. The Morgan fingerprint density at radius 1 is 0.348 bits per heavy atom. The van der Waals surface area contributed by atoms with Crippen molar-refractivity contribution in [3.8, 4) is 22.3 Å². The normalized spacial score (nSPS) is 11.5. The third-order valence-electron chi connectivity index (χ3n) is 9.04. The van der Waals surface area contributed by atoms with Gasteiger partial charge in [-0.3, -0.25) is 0 Å². The number of fused-ring (bicyclic) bond motifs is 6. The summed E-state index contributed by atoms with van der Waals surface area (Å²) in [6.45, 7) is 0. The van der Waals surface area contributed by atoms with Crippen LogP contribution in [-0.4, -0.2) is 0 Å². The number of anilines is 3. The van der Waals surface area contributed by atoms with Crippen molar-refractivity contribution in [2.24, 2.45) is 0 Å². The monoisotopic (exact) mass is 587 g/mol. The zero-order valence-corrected chi connectivity index (χ0v) is 25.1. The predicted octanol–water partition coefficient (Wildman–Crippen LogP) is 12.7. The fourth-order valence-corrected chi connectivity index (χ4v) is 6.75. The van der Waals surface area contributed by atoms with Crippen LogP contribution >= 0.6 is 0 Å². The average Bonchev–Trinajstić information content (AvgIpc) is 3.51. The number of benzene rings is 8. The molecule has 0 saturated heterocycles. The molecule has 2 heteroatoms. The lowest BCUT2D eigenvalue weighted by Crippen LogP contribution is -2.10. The van der Waals surface area contributed by atoms with Crippen LogP contribution in [0.25, 0.3) is 65.7 Å². The highest BCUT2D eigenvalue weighted by atomic mass is 16.3. The van der Waals surface area contributed by atoms with Crippen molar-refractivity contribution in [3.63, 3.8) is 0 Å². The molecule has 46 heavy (non-hydrogen) atoms. The number of para-hydroxylation sites is 1. The molecule has 0 N–H and O–H groups in total. The average molecular weight is 588 g/mol. The van der Waals surface area contributed by atoms with E-state index in [1.807, 2.05) is 6.07 Å². The van der Waals surface area contributed by atoms with Gasteiger partial charge in [0.2, 0.25) is 0 Å². The Hall–Kier alpha value is -6.12. The highest BCUT2D eigenvalue weighted by Gasteiger charge is 2.20. The van der Waals surface area contributed by atoms with Crippen molar-refractivity contribution in [1.29, 1.82) is 0 Å². The Balaban J connectivity index is 1.24. The summed E-state index contributed by atoms with van der Waals surface area (Å²) < 4.78 is 6.45. The molecule has 2 nitrogen and oxygen atoms in total. The van der Waals surface area contributed by atoms with E-state index in [0.717, 1.165) is 49.8 Å². The molecule has 1 heterocycles. The quantitative estimate of drug-likeness (QED) is 0.199. The molecule has 0 bridgehead atoms. The highest BCUT2D eigenvalue weighted by Crippen LogP contribution is 2.45. The van der Waals surface area contributed by atoms with Crippen molar-refractivity contribution >= 4 is 60.5 Å². The number of hydrogen-bond acceptors (Lipinski definition) is 2. The molecule has 0 aliphatic heterocycles. The molecule has 0 atom stereocenters. The van der Waals surface area contributed by atoms with E-state index in [1.54, 1.807) is 0 Å². The molecule has 9 rings (SSSR count). The molecule has 0 unspecified atom stereocenters. The molecule has 0 amide bonds. The van der Waals surface area contributed by atoms with Crippen LogP contribution in [0, 0.1) is 0 Å². The molecule has 216 valence electrons. The van der Waals surface area contributed by atoms with E-state index in [-0.39, 0.29) is 0 Å². The second-order valence-corrected chi connectivity index (χ2v) is 11.8. The van der Waals surface area contributed by atoms with E-state index >= 15 is 0 Å². The number of hydrogen-bond donors (Lipinski definition) is 0. The zero-order valence-electron chi connectivity index (χ0n) is 25.1. The van der Waals surface area contributed by atoms with Crippen LogP contribution in [0.15, 0.2) is 180 Å². The van der Waals surface area contributed by atoms with Gasteiger partial charge >= 0.3 is 0 Å². The summed E-state index contributed by atoms with van der Waals surface area (Å²) in [5, 5.41) is 6.97. The Kier molecular flexibility index (Phi) is 6.17. The summed E-state index contributed by atoms with van der Waals surface area (Å²) in [5.74, 6) is 0. The van der Waals surface area contributed by atoms with Crippen LogP contribution < -0.4 is 4.90 Å². The molecule has 8 aromatic carbocycles. The van der Waals surface area contributed by atoms with E-state index in [2.05, 4.69) is 175 Å². The van der Waals surface area contributed by atoms with Gasteiger partial charge in [0.05, 0.1) is 5.69 Å². The smallest absolute Gasteiger partial charge is 0.143 e. The van der Waals surface area contributed by atoms with Crippen LogP contribution in [-0.2, 0) is 0 Å². The predicted molar refractivity (Wildman–Crippen MR) is 194 cm³/mol. The molecular weight excluding hydrogens is 558 g/mol. The zero-order chi connectivity index (χ0) is 30.5. The SMILES string of the molecule is c1ccc(-c2ccc(N(c3ccc(-c4ccc5ccccc5c4)cc3)c3cc4c5ccccc5oc4c4ccccc34)cc2)cc1. The van der Waals surface area contributed by atoms with Gasteiger partial charge in [-0.1, -0.05) is 133 Å². The first kappa shape index (κ1) is 26.3. The number of furan rings is 1. The lowest BCUT2D eigenvalue weighted by molar-refractivity contribution is 0.672. The van der Waals surface area contributed by atoms with Gasteiger partial charge in [-0.2, -0.15) is 0 Å². The fraction of sp³-hybridized carbons (Fsp3) is 0. The summed E-state index contributed by atoms with van der Waals surface area (Å²) >= 11 is 0. The standard InChI is InChI=1S/C44H29NO/c1-2-10-30(11-3-1)32-20-24-36(25-21-32)45(37-26-22-33(23-27-37)35-19-18-31-12-4-5-13-34(31)28-35)42-29-41-39-15-8-9-17-43(39)46-44(41)40-16-7-6-14-38(40)42/h1-29H. The summed E-state index contributed by atoms with van der Waals surface area (Å²) in [6.07, 6.45) is 0. The lowest BCUT2D eigenvalue weighted by Gasteiger charge is -2.27. The lowest BCUT2D eigenvalue weighted by atomic mass is 9.99. The van der Waals surface area contributed by atoms with Gasteiger partial charge in [-0.15, -0.1) is 0 Å². The third kappa shape index (κ3) is 4.43. The topological polar surface area (TPSA) is 16.4 Å². The van der Waals surface area contributed by atoms with Gasteiger partial charge in [0.25, 0.3) is 0 Å². The Morgan fingerprint density at radius 2 is 0.891 bits per heavy atom. The molecule has 0 radical (unpaired) electrons. The minimum Gasteiger partial charge on any atom is -0.455 e. The van der Waals surface area contributed by atoms with Gasteiger partial charge in [-0.25, -0.2) is 0 Å². The first-order chi connectivity index (χ1) is 22.8. The molecule has 0 spiro atoms. The molecule has 0 fully saturated rings. The van der Waals surface area contributed by atoms with E-state index in [1.165, 1.54) is 33.0 Å². The van der Waals surface area contributed by atoms with Crippen molar-refractivity contribution in [1.82, 2.24) is 0 Å². The Bertz CT molecular complexity index is 2510. The first-order valence-corrected chi connectivity index (χ1v) is 15.7. The maximum atomic E-state index is 6.45. The molecule has 0 aliphatic rings. The number of nitrogens with zero attached hydrogens (tertiary/aromatic N) is 1. The van der Waals surface area contributed by atoms with Gasteiger partial charge in [0, 0.05) is 32.9 Å². The van der Waals surface area contributed by atoms with Crippen molar-refractivity contribution in [2.45, 2.75) is 0 Å². The minimum atomic E-state index is 0.901. The summed E-state index contributed by atoms with van der Waals surface area (Å²) in [7, 11) is 0. The van der Waals surface area contributed by atoms with Crippen LogP contribution in [0.5, 0.6) is 0 Å². The second-order valence-electron chi connectivity index (χ2n) is 11.8. The van der Waals surface area contributed by atoms with Crippen LogP contribution in [0.4, 0.5) is 17.1 Å². The molecule has 0 aliphatic carbocycles.